The number of hydrogen-bond donors (Lipinski definition) is 2. The number of aromatic amines is 1. The van der Waals surface area contributed by atoms with Crippen LogP contribution in [0.25, 0.3) is 22.3 Å². The Bertz CT molecular complexity index is 755. The van der Waals surface area contributed by atoms with Gasteiger partial charge in [-0.3, -0.25) is 5.10 Å². The van der Waals surface area contributed by atoms with Crippen molar-refractivity contribution < 1.29 is 4.74 Å². The van der Waals surface area contributed by atoms with E-state index in [0.29, 0.717) is 33.3 Å². The summed E-state index contributed by atoms with van der Waals surface area (Å²) in [6.07, 6.45) is 1.39. The number of aromatic nitrogens is 4. The second kappa shape index (κ2) is 4.40. The number of nitrogens with two attached hydrogens (primary N) is 1. The average Bonchev–Trinajstić information content (AvgIpc) is 2.84. The fourth-order valence-electron chi connectivity index (χ4n) is 1.90. The number of methoxy groups -OCH3 is 1. The molecule has 0 amide bonds. The molecule has 2 aromatic heterocycles. The summed E-state index contributed by atoms with van der Waals surface area (Å²) in [7, 11) is 1.57. The molecule has 0 unspecified atom stereocenters. The number of H-pyrrole nitrogens is 1. The minimum Gasteiger partial charge on any atom is -0.495 e. The van der Waals surface area contributed by atoms with Gasteiger partial charge in [-0.2, -0.15) is 5.10 Å². The van der Waals surface area contributed by atoms with Crippen LogP contribution in [0.5, 0.6) is 5.75 Å². The summed E-state index contributed by atoms with van der Waals surface area (Å²) >= 11 is 6.11. The van der Waals surface area contributed by atoms with Gasteiger partial charge in [-0.05, 0) is 18.2 Å². The molecule has 7 heteroatoms. The molecular formula is C12H10ClN5O. The third-order valence-corrected chi connectivity index (χ3v) is 3.11. The van der Waals surface area contributed by atoms with Gasteiger partial charge in [-0.15, -0.1) is 0 Å². The van der Waals surface area contributed by atoms with Gasteiger partial charge in [0, 0.05) is 5.56 Å². The van der Waals surface area contributed by atoms with Crippen molar-refractivity contribution in [3.8, 4) is 17.0 Å². The van der Waals surface area contributed by atoms with E-state index < -0.39 is 0 Å². The average molecular weight is 276 g/mol. The number of hydrogen-bond acceptors (Lipinski definition) is 5. The molecule has 0 aliphatic rings. The SMILES string of the molecule is COc1ccc(-c2n[nH]c3ncnc(N)c23)cc1Cl. The fourth-order valence-corrected chi connectivity index (χ4v) is 2.16. The smallest absolute Gasteiger partial charge is 0.161 e. The Kier molecular flexibility index (Phi) is 2.72. The van der Waals surface area contributed by atoms with Crippen molar-refractivity contribution in [1.29, 1.82) is 0 Å². The number of ether oxygens (including phenoxy) is 1. The van der Waals surface area contributed by atoms with E-state index in [9.17, 15) is 0 Å². The topological polar surface area (TPSA) is 89.7 Å². The molecule has 0 aliphatic heterocycles. The number of nitrogens with zero attached hydrogens (tertiary/aromatic N) is 3. The van der Waals surface area contributed by atoms with E-state index in [0.717, 1.165) is 5.56 Å². The highest BCUT2D eigenvalue weighted by Crippen LogP contribution is 2.33. The van der Waals surface area contributed by atoms with E-state index in [2.05, 4.69) is 20.2 Å². The van der Waals surface area contributed by atoms with Gasteiger partial charge in [0.15, 0.2) is 5.65 Å². The summed E-state index contributed by atoms with van der Waals surface area (Å²) in [6.45, 7) is 0. The molecule has 96 valence electrons. The maximum atomic E-state index is 6.11. The Balaban J connectivity index is 2.22. The lowest BCUT2D eigenvalue weighted by atomic mass is 10.1. The number of fused-ring (bicyclic) bond motifs is 1. The van der Waals surface area contributed by atoms with Gasteiger partial charge in [0.2, 0.25) is 0 Å². The van der Waals surface area contributed by atoms with E-state index in [1.165, 1.54) is 6.33 Å². The Morgan fingerprint density at radius 2 is 2.16 bits per heavy atom. The standard InChI is InChI=1S/C12H10ClN5O/c1-19-8-3-2-6(4-7(8)13)10-9-11(14)15-5-16-12(9)18-17-10/h2-5H,1H3,(H3,14,15,16,17,18). The molecule has 6 nitrogen and oxygen atoms in total. The third kappa shape index (κ3) is 1.86. The van der Waals surface area contributed by atoms with Crippen LogP contribution in [0.1, 0.15) is 0 Å². The number of halogens is 1. The lowest BCUT2D eigenvalue weighted by Gasteiger charge is -2.05. The van der Waals surface area contributed by atoms with Crippen molar-refractivity contribution in [2.45, 2.75) is 0 Å². The van der Waals surface area contributed by atoms with E-state index in [1.807, 2.05) is 6.07 Å². The summed E-state index contributed by atoms with van der Waals surface area (Å²) in [5.41, 5.74) is 7.94. The molecule has 1 aromatic carbocycles. The maximum absolute atomic E-state index is 6.11. The Labute approximate surface area is 113 Å². The fraction of sp³-hybridized carbons (Fsp3) is 0.0833. The second-order valence-electron chi connectivity index (χ2n) is 3.90. The monoisotopic (exact) mass is 275 g/mol. The van der Waals surface area contributed by atoms with Crippen LogP contribution in [-0.4, -0.2) is 27.3 Å². The predicted octanol–water partition coefficient (Wildman–Crippen LogP) is 2.26. The van der Waals surface area contributed by atoms with Gasteiger partial charge in [0.1, 0.15) is 23.6 Å². The van der Waals surface area contributed by atoms with Crippen LogP contribution < -0.4 is 10.5 Å². The number of rotatable bonds is 2. The van der Waals surface area contributed by atoms with Crippen LogP contribution in [0.2, 0.25) is 5.02 Å². The molecule has 0 fully saturated rings. The molecule has 19 heavy (non-hydrogen) atoms. The number of anilines is 1. The van der Waals surface area contributed by atoms with Crippen LogP contribution in [0.3, 0.4) is 0 Å². The molecule has 3 aromatic rings. The molecule has 3 rings (SSSR count). The van der Waals surface area contributed by atoms with Gasteiger partial charge in [0.25, 0.3) is 0 Å². The summed E-state index contributed by atoms with van der Waals surface area (Å²) in [5.74, 6) is 0.982. The van der Waals surface area contributed by atoms with Crippen molar-refractivity contribution in [1.82, 2.24) is 20.2 Å². The first-order valence-electron chi connectivity index (χ1n) is 5.49. The minimum atomic E-state index is 0.376. The quantitative estimate of drug-likeness (QED) is 0.749. The number of nitrogens with one attached hydrogen (secondary N) is 1. The molecule has 0 saturated heterocycles. The summed E-state index contributed by atoms with van der Waals surface area (Å²) < 4.78 is 5.12. The van der Waals surface area contributed by atoms with E-state index >= 15 is 0 Å². The summed E-state index contributed by atoms with van der Waals surface area (Å²) in [4.78, 5) is 8.05. The first-order valence-corrected chi connectivity index (χ1v) is 5.87. The molecule has 0 atom stereocenters. The van der Waals surface area contributed by atoms with Gasteiger partial charge in [0.05, 0.1) is 17.5 Å². The lowest BCUT2D eigenvalue weighted by Crippen LogP contribution is -1.92. The van der Waals surface area contributed by atoms with Crippen molar-refractivity contribution in [3.05, 3.63) is 29.5 Å². The van der Waals surface area contributed by atoms with Gasteiger partial charge in [-0.1, -0.05) is 11.6 Å². The van der Waals surface area contributed by atoms with Gasteiger partial charge >= 0.3 is 0 Å². The first-order chi connectivity index (χ1) is 9.20. The van der Waals surface area contributed by atoms with Crippen LogP contribution in [0, 0.1) is 0 Å². The highest BCUT2D eigenvalue weighted by Gasteiger charge is 2.14. The normalized spacial score (nSPS) is 10.8. The highest BCUT2D eigenvalue weighted by molar-refractivity contribution is 6.32. The molecule has 0 spiro atoms. The highest BCUT2D eigenvalue weighted by atomic mass is 35.5. The second-order valence-corrected chi connectivity index (χ2v) is 4.31. The van der Waals surface area contributed by atoms with Crippen molar-refractivity contribution in [2.75, 3.05) is 12.8 Å². The minimum absolute atomic E-state index is 0.376. The summed E-state index contributed by atoms with van der Waals surface area (Å²) in [5, 5.41) is 8.23. The Hall–Kier alpha value is -2.34. The van der Waals surface area contributed by atoms with E-state index in [4.69, 9.17) is 22.1 Å². The Morgan fingerprint density at radius 1 is 1.32 bits per heavy atom. The summed E-state index contributed by atoms with van der Waals surface area (Å²) in [6, 6.07) is 5.40. The number of benzene rings is 1. The molecular weight excluding hydrogens is 266 g/mol. The van der Waals surface area contributed by atoms with Crippen LogP contribution in [0.15, 0.2) is 24.5 Å². The zero-order valence-electron chi connectivity index (χ0n) is 10.0. The zero-order chi connectivity index (χ0) is 13.4. The molecule has 0 saturated carbocycles. The molecule has 3 N–H and O–H groups in total. The zero-order valence-corrected chi connectivity index (χ0v) is 10.8. The van der Waals surface area contributed by atoms with Gasteiger partial charge in [-0.25, -0.2) is 9.97 Å². The van der Waals surface area contributed by atoms with E-state index in [-0.39, 0.29) is 0 Å². The van der Waals surface area contributed by atoms with Gasteiger partial charge < -0.3 is 10.5 Å². The molecule has 0 aliphatic carbocycles. The Morgan fingerprint density at radius 3 is 2.89 bits per heavy atom. The molecule has 2 heterocycles. The van der Waals surface area contributed by atoms with Crippen molar-refractivity contribution >= 4 is 28.5 Å². The van der Waals surface area contributed by atoms with Crippen LogP contribution in [-0.2, 0) is 0 Å². The predicted molar refractivity (Wildman–Crippen MR) is 73.1 cm³/mol. The number of nitrogen functional groups attached to an aromatic ring is 1. The van der Waals surface area contributed by atoms with Crippen molar-refractivity contribution in [3.63, 3.8) is 0 Å². The third-order valence-electron chi connectivity index (χ3n) is 2.81. The first kappa shape index (κ1) is 11.7. The molecule has 0 bridgehead atoms. The van der Waals surface area contributed by atoms with Crippen LogP contribution in [0.4, 0.5) is 5.82 Å². The van der Waals surface area contributed by atoms with Crippen molar-refractivity contribution in [2.24, 2.45) is 0 Å². The van der Waals surface area contributed by atoms with Crippen LogP contribution >= 0.6 is 11.6 Å². The van der Waals surface area contributed by atoms with E-state index in [1.54, 1.807) is 19.2 Å². The molecule has 0 radical (unpaired) electrons. The maximum Gasteiger partial charge on any atom is 0.161 e. The lowest BCUT2D eigenvalue weighted by molar-refractivity contribution is 0.415. The largest absolute Gasteiger partial charge is 0.495 e.